The fraction of sp³-hybridized carbons (Fsp3) is 0.278. The number of carbonyl (C=O) groups is 1. The number of hydrogen-bond acceptors (Lipinski definition) is 2. The highest BCUT2D eigenvalue weighted by Gasteiger charge is 2.26. The number of amides is 2. The second kappa shape index (κ2) is 7.88. The number of hydrogen-bond donors (Lipinski definition) is 3. The molecule has 0 aliphatic carbocycles. The average Bonchev–Trinajstić information content (AvgIpc) is 2.57. The highest BCUT2D eigenvalue weighted by atomic mass is 19.2. The summed E-state index contributed by atoms with van der Waals surface area (Å²) in [6.45, 7) is 3.65. The van der Waals surface area contributed by atoms with E-state index in [2.05, 4.69) is 10.6 Å². The molecule has 0 aromatic heterocycles. The van der Waals surface area contributed by atoms with Crippen LogP contribution >= 0.6 is 0 Å². The molecule has 0 radical (unpaired) electrons. The molecule has 2 atom stereocenters. The Morgan fingerprint density at radius 2 is 1.71 bits per heavy atom. The fourth-order valence-electron chi connectivity index (χ4n) is 2.31. The Hall–Kier alpha value is -2.47. The maximum Gasteiger partial charge on any atom is 0.319 e. The van der Waals surface area contributed by atoms with Crippen molar-refractivity contribution in [3.8, 4) is 0 Å². The zero-order valence-corrected chi connectivity index (χ0v) is 13.5. The maximum atomic E-state index is 13.6. The number of carbonyl (C=O) groups excluding carboxylic acids is 1. The molecule has 0 saturated carbocycles. The van der Waals surface area contributed by atoms with E-state index in [1.165, 1.54) is 12.1 Å². The average molecular weight is 334 g/mol. The first kappa shape index (κ1) is 17.9. The zero-order valence-electron chi connectivity index (χ0n) is 13.5. The molecule has 2 aromatic rings. The van der Waals surface area contributed by atoms with Gasteiger partial charge in [-0.15, -0.1) is 0 Å². The van der Waals surface area contributed by atoms with E-state index in [-0.39, 0.29) is 11.6 Å². The third-order valence-corrected chi connectivity index (χ3v) is 3.67. The lowest BCUT2D eigenvalue weighted by Gasteiger charge is -2.27. The van der Waals surface area contributed by atoms with Crippen LogP contribution in [-0.4, -0.2) is 17.2 Å². The van der Waals surface area contributed by atoms with E-state index in [1.807, 2.05) is 19.9 Å². The lowest BCUT2D eigenvalue weighted by Crippen LogP contribution is -2.41. The quantitative estimate of drug-likeness (QED) is 0.778. The number of halogens is 2. The summed E-state index contributed by atoms with van der Waals surface area (Å²) in [6, 6.07) is 11.1. The molecule has 2 unspecified atom stereocenters. The van der Waals surface area contributed by atoms with Gasteiger partial charge in [-0.1, -0.05) is 50.2 Å². The summed E-state index contributed by atoms with van der Waals surface area (Å²) in [6.07, 6.45) is -0.837. The standard InChI is InChI=1S/C18H20F2N2O2/c1-11(2)17(23)16(12-7-4-3-5-8-12)22-18(24)21-14-10-6-9-13(19)15(14)20/h3-11,16-17,23H,1-2H3,(H2,21,22,24). The summed E-state index contributed by atoms with van der Waals surface area (Å²) in [5.41, 5.74) is 0.451. The number of aliphatic hydroxyl groups is 1. The summed E-state index contributed by atoms with van der Waals surface area (Å²) in [7, 11) is 0. The Bertz CT molecular complexity index is 693. The summed E-state index contributed by atoms with van der Waals surface area (Å²) in [5, 5.41) is 15.3. The van der Waals surface area contributed by atoms with Crippen LogP contribution < -0.4 is 10.6 Å². The summed E-state index contributed by atoms with van der Waals surface area (Å²) in [4.78, 5) is 12.2. The lowest BCUT2D eigenvalue weighted by molar-refractivity contribution is 0.0870. The van der Waals surface area contributed by atoms with Crippen LogP contribution in [0.15, 0.2) is 48.5 Å². The van der Waals surface area contributed by atoms with Gasteiger partial charge in [0, 0.05) is 0 Å². The zero-order chi connectivity index (χ0) is 17.7. The van der Waals surface area contributed by atoms with Crippen LogP contribution in [0.4, 0.5) is 19.3 Å². The van der Waals surface area contributed by atoms with Gasteiger partial charge in [-0.2, -0.15) is 0 Å². The molecule has 0 aliphatic heterocycles. The van der Waals surface area contributed by atoms with E-state index in [0.717, 1.165) is 6.07 Å². The smallest absolute Gasteiger partial charge is 0.319 e. The van der Waals surface area contributed by atoms with E-state index in [0.29, 0.717) is 5.56 Å². The minimum Gasteiger partial charge on any atom is -0.390 e. The van der Waals surface area contributed by atoms with Crippen LogP contribution in [-0.2, 0) is 0 Å². The predicted molar refractivity (Wildman–Crippen MR) is 88.5 cm³/mol. The van der Waals surface area contributed by atoms with Crippen molar-refractivity contribution in [2.75, 3.05) is 5.32 Å². The second-order valence-corrected chi connectivity index (χ2v) is 5.82. The van der Waals surface area contributed by atoms with Crippen LogP contribution in [0.5, 0.6) is 0 Å². The Morgan fingerprint density at radius 1 is 1.04 bits per heavy atom. The van der Waals surface area contributed by atoms with Crippen LogP contribution in [0.1, 0.15) is 25.5 Å². The highest BCUT2D eigenvalue weighted by molar-refractivity contribution is 5.89. The van der Waals surface area contributed by atoms with Crippen molar-refractivity contribution >= 4 is 11.7 Å². The van der Waals surface area contributed by atoms with Gasteiger partial charge in [0.15, 0.2) is 11.6 Å². The topological polar surface area (TPSA) is 61.4 Å². The van der Waals surface area contributed by atoms with Crippen molar-refractivity contribution in [1.82, 2.24) is 5.32 Å². The first-order valence-electron chi connectivity index (χ1n) is 7.64. The third-order valence-electron chi connectivity index (χ3n) is 3.67. The molecule has 2 rings (SSSR count). The number of rotatable bonds is 5. The molecule has 0 spiro atoms. The van der Waals surface area contributed by atoms with E-state index >= 15 is 0 Å². The van der Waals surface area contributed by atoms with E-state index in [4.69, 9.17) is 0 Å². The van der Waals surface area contributed by atoms with Gasteiger partial charge in [0.05, 0.1) is 17.8 Å². The van der Waals surface area contributed by atoms with Crippen molar-refractivity contribution < 1.29 is 18.7 Å². The van der Waals surface area contributed by atoms with E-state index in [9.17, 15) is 18.7 Å². The predicted octanol–water partition coefficient (Wildman–Crippen LogP) is 3.84. The molecule has 2 aromatic carbocycles. The normalized spacial score (nSPS) is 13.4. The summed E-state index contributed by atoms with van der Waals surface area (Å²) in [5.74, 6) is -2.29. The molecule has 24 heavy (non-hydrogen) atoms. The monoisotopic (exact) mass is 334 g/mol. The molecule has 0 bridgehead atoms. The van der Waals surface area contributed by atoms with Crippen molar-refractivity contribution in [1.29, 1.82) is 0 Å². The van der Waals surface area contributed by atoms with Gasteiger partial charge >= 0.3 is 6.03 Å². The van der Waals surface area contributed by atoms with Gasteiger partial charge in [0.25, 0.3) is 0 Å². The third kappa shape index (κ3) is 4.29. The van der Waals surface area contributed by atoms with Crippen LogP contribution in [0.3, 0.4) is 0 Å². The van der Waals surface area contributed by atoms with Gasteiger partial charge in [-0.25, -0.2) is 13.6 Å². The first-order valence-corrected chi connectivity index (χ1v) is 7.64. The van der Waals surface area contributed by atoms with E-state index in [1.54, 1.807) is 24.3 Å². The van der Waals surface area contributed by atoms with E-state index < -0.39 is 29.8 Å². The second-order valence-electron chi connectivity index (χ2n) is 5.82. The van der Waals surface area contributed by atoms with Gasteiger partial charge in [0.1, 0.15) is 0 Å². The highest BCUT2D eigenvalue weighted by Crippen LogP contribution is 2.23. The number of anilines is 1. The molecule has 0 saturated heterocycles. The van der Waals surface area contributed by atoms with Gasteiger partial charge in [-0.05, 0) is 23.6 Å². The van der Waals surface area contributed by atoms with Gasteiger partial charge < -0.3 is 15.7 Å². The van der Waals surface area contributed by atoms with Crippen LogP contribution in [0, 0.1) is 17.6 Å². The molecular weight excluding hydrogens is 314 g/mol. The van der Waals surface area contributed by atoms with Crippen LogP contribution in [0.25, 0.3) is 0 Å². The van der Waals surface area contributed by atoms with Crippen molar-refractivity contribution in [3.63, 3.8) is 0 Å². The lowest BCUT2D eigenvalue weighted by atomic mass is 9.94. The molecule has 4 nitrogen and oxygen atoms in total. The van der Waals surface area contributed by atoms with Crippen molar-refractivity contribution in [2.45, 2.75) is 26.0 Å². The Morgan fingerprint density at radius 3 is 2.33 bits per heavy atom. The minimum absolute atomic E-state index is 0.110. The fourth-order valence-corrected chi connectivity index (χ4v) is 2.31. The molecule has 6 heteroatoms. The van der Waals surface area contributed by atoms with Crippen molar-refractivity contribution in [2.24, 2.45) is 5.92 Å². The molecule has 0 heterocycles. The number of urea groups is 1. The first-order chi connectivity index (χ1) is 11.4. The van der Waals surface area contributed by atoms with Gasteiger partial charge in [0.2, 0.25) is 0 Å². The number of benzene rings is 2. The molecule has 2 amide bonds. The van der Waals surface area contributed by atoms with Crippen molar-refractivity contribution in [3.05, 3.63) is 65.7 Å². The molecule has 0 aliphatic rings. The molecule has 128 valence electrons. The summed E-state index contributed by atoms with van der Waals surface area (Å²) < 4.78 is 26.8. The SMILES string of the molecule is CC(C)C(O)C(NC(=O)Nc1cccc(F)c1F)c1ccccc1. The number of nitrogens with one attached hydrogen (secondary N) is 2. The number of aliphatic hydroxyl groups excluding tert-OH is 1. The largest absolute Gasteiger partial charge is 0.390 e. The van der Waals surface area contributed by atoms with Crippen LogP contribution in [0.2, 0.25) is 0 Å². The Labute approximate surface area is 139 Å². The molecule has 0 fully saturated rings. The Balaban J connectivity index is 2.17. The molecule has 3 N–H and O–H groups in total. The van der Waals surface area contributed by atoms with Gasteiger partial charge in [-0.3, -0.25) is 0 Å². The Kier molecular flexibility index (Phi) is 5.87. The minimum atomic E-state index is -1.13. The molecular formula is C18H20F2N2O2. The summed E-state index contributed by atoms with van der Waals surface area (Å²) >= 11 is 0. The maximum absolute atomic E-state index is 13.6.